The summed E-state index contributed by atoms with van der Waals surface area (Å²) in [5.41, 5.74) is 6.53. The molecule has 1 unspecified atom stereocenters. The molecule has 1 atom stereocenters. The maximum absolute atomic E-state index is 10.8. The van der Waals surface area contributed by atoms with Crippen LogP contribution in [0.3, 0.4) is 0 Å². The van der Waals surface area contributed by atoms with E-state index in [-0.39, 0.29) is 6.42 Å². The number of hydrogen-bond acceptors (Lipinski definition) is 3. The normalized spacial score (nSPS) is 13.2. The molecule has 0 aliphatic heterocycles. The van der Waals surface area contributed by atoms with Crippen LogP contribution in [-0.4, -0.2) is 15.6 Å². The molecule has 4 N–H and O–H groups in total. The first kappa shape index (κ1) is 11.9. The molecular weight excluding hydrogens is 215 g/mol. The molecule has 1 rings (SSSR count). The Kier molecular flexibility index (Phi) is 3.61. The van der Waals surface area contributed by atoms with E-state index in [2.05, 4.69) is 0 Å². The molecule has 0 spiro atoms. The van der Waals surface area contributed by atoms with E-state index in [0.29, 0.717) is 11.1 Å². The molecule has 0 bridgehead atoms. The topological polar surface area (TPSA) is 107 Å². The summed E-state index contributed by atoms with van der Waals surface area (Å²) < 4.78 is 10.8. The third kappa shape index (κ3) is 3.46. The SMILES string of the molecule is N#Cc1ccc(CC(N)P(=O)(O)O)cc1. The summed E-state index contributed by atoms with van der Waals surface area (Å²) in [7, 11) is -4.23. The van der Waals surface area contributed by atoms with E-state index in [1.54, 1.807) is 24.3 Å². The molecule has 0 heterocycles. The molecule has 0 saturated carbocycles. The summed E-state index contributed by atoms with van der Waals surface area (Å²) in [5.74, 6) is -1.19. The third-order valence-corrected chi connectivity index (χ3v) is 3.01. The Balaban J connectivity index is 2.75. The summed E-state index contributed by atoms with van der Waals surface area (Å²) in [6, 6.07) is 8.39. The highest BCUT2D eigenvalue weighted by Gasteiger charge is 2.24. The van der Waals surface area contributed by atoms with Crippen molar-refractivity contribution in [3.05, 3.63) is 35.4 Å². The van der Waals surface area contributed by atoms with Crippen molar-refractivity contribution in [1.82, 2.24) is 0 Å². The van der Waals surface area contributed by atoms with Crippen LogP contribution in [0.25, 0.3) is 0 Å². The molecule has 6 heteroatoms. The van der Waals surface area contributed by atoms with Crippen molar-refractivity contribution in [2.75, 3.05) is 0 Å². The standard InChI is InChI=1S/C9H11N2O3P/c10-6-8-3-1-7(2-4-8)5-9(11)15(12,13)14/h1-4,9H,5,11H2,(H2,12,13,14). The molecule has 1 aromatic carbocycles. The van der Waals surface area contributed by atoms with Gasteiger partial charge in [-0.2, -0.15) is 5.26 Å². The van der Waals surface area contributed by atoms with Crippen LogP contribution in [-0.2, 0) is 11.0 Å². The summed E-state index contributed by atoms with van der Waals surface area (Å²) in [4.78, 5) is 17.6. The first-order valence-electron chi connectivity index (χ1n) is 4.23. The smallest absolute Gasteiger partial charge is 0.323 e. The predicted octanol–water partition coefficient (Wildman–Crippen LogP) is 0.563. The lowest BCUT2D eigenvalue weighted by molar-refractivity contribution is 0.358. The average Bonchev–Trinajstić information content (AvgIpc) is 2.17. The Morgan fingerprint density at radius 2 is 1.93 bits per heavy atom. The molecule has 15 heavy (non-hydrogen) atoms. The maximum atomic E-state index is 10.8. The van der Waals surface area contributed by atoms with Gasteiger partial charge in [-0.05, 0) is 24.1 Å². The van der Waals surface area contributed by atoms with E-state index in [0.717, 1.165) is 0 Å². The molecule has 0 aliphatic rings. The maximum Gasteiger partial charge on any atom is 0.342 e. The van der Waals surface area contributed by atoms with Crippen LogP contribution in [0.5, 0.6) is 0 Å². The van der Waals surface area contributed by atoms with Gasteiger partial charge in [0.15, 0.2) is 0 Å². The lowest BCUT2D eigenvalue weighted by Crippen LogP contribution is -2.22. The van der Waals surface area contributed by atoms with Gasteiger partial charge < -0.3 is 15.5 Å². The van der Waals surface area contributed by atoms with Crippen LogP contribution in [0.2, 0.25) is 0 Å². The number of nitrogens with zero attached hydrogens (tertiary/aromatic N) is 1. The van der Waals surface area contributed by atoms with Crippen molar-refractivity contribution in [3.63, 3.8) is 0 Å². The van der Waals surface area contributed by atoms with Gasteiger partial charge in [0.2, 0.25) is 0 Å². The quantitative estimate of drug-likeness (QED) is 0.653. The minimum Gasteiger partial charge on any atom is -0.323 e. The zero-order valence-corrected chi connectivity index (χ0v) is 8.76. The Hall–Kier alpha value is -1.18. The van der Waals surface area contributed by atoms with E-state index < -0.39 is 13.4 Å². The summed E-state index contributed by atoms with van der Waals surface area (Å²) in [6.07, 6.45) is 0.0932. The fourth-order valence-electron chi connectivity index (χ4n) is 1.08. The van der Waals surface area contributed by atoms with E-state index >= 15 is 0 Å². The minimum atomic E-state index is -4.23. The van der Waals surface area contributed by atoms with E-state index in [1.165, 1.54) is 0 Å². The van der Waals surface area contributed by atoms with Crippen molar-refractivity contribution >= 4 is 7.60 Å². The lowest BCUT2D eigenvalue weighted by Gasteiger charge is -2.12. The van der Waals surface area contributed by atoms with Gasteiger partial charge >= 0.3 is 7.60 Å². The zero-order chi connectivity index (χ0) is 11.5. The summed E-state index contributed by atoms with van der Waals surface area (Å²) >= 11 is 0. The van der Waals surface area contributed by atoms with Crippen molar-refractivity contribution < 1.29 is 14.4 Å². The second-order valence-corrected chi connectivity index (χ2v) is 5.01. The number of hydrogen-bond donors (Lipinski definition) is 3. The molecule has 80 valence electrons. The number of benzene rings is 1. The van der Waals surface area contributed by atoms with Gasteiger partial charge in [0.05, 0.1) is 11.6 Å². The first-order valence-corrected chi connectivity index (χ1v) is 5.91. The second kappa shape index (κ2) is 4.56. The van der Waals surface area contributed by atoms with Gasteiger partial charge in [-0.1, -0.05) is 12.1 Å². The number of rotatable bonds is 3. The fraction of sp³-hybridized carbons (Fsp3) is 0.222. The van der Waals surface area contributed by atoms with E-state index in [1.807, 2.05) is 6.07 Å². The van der Waals surface area contributed by atoms with Crippen LogP contribution in [0.1, 0.15) is 11.1 Å². The number of nitriles is 1. The van der Waals surface area contributed by atoms with Gasteiger partial charge in [0, 0.05) is 0 Å². The van der Waals surface area contributed by atoms with E-state index in [9.17, 15) is 4.57 Å². The van der Waals surface area contributed by atoms with Gasteiger partial charge in [-0.25, -0.2) is 0 Å². The Bertz CT molecular complexity index is 418. The highest BCUT2D eigenvalue weighted by atomic mass is 31.2. The van der Waals surface area contributed by atoms with Crippen LogP contribution in [0.15, 0.2) is 24.3 Å². The van der Waals surface area contributed by atoms with Gasteiger partial charge in [0.1, 0.15) is 5.78 Å². The Morgan fingerprint density at radius 3 is 2.33 bits per heavy atom. The minimum absolute atomic E-state index is 0.0932. The Morgan fingerprint density at radius 1 is 1.40 bits per heavy atom. The molecule has 0 aromatic heterocycles. The molecule has 0 fully saturated rings. The average molecular weight is 226 g/mol. The van der Waals surface area contributed by atoms with Crippen LogP contribution in [0, 0.1) is 11.3 Å². The zero-order valence-electron chi connectivity index (χ0n) is 7.87. The predicted molar refractivity (Wildman–Crippen MR) is 54.9 cm³/mol. The lowest BCUT2D eigenvalue weighted by atomic mass is 10.1. The highest BCUT2D eigenvalue weighted by molar-refractivity contribution is 7.52. The van der Waals surface area contributed by atoms with Crippen molar-refractivity contribution in [2.24, 2.45) is 5.73 Å². The first-order chi connectivity index (χ1) is 6.93. The monoisotopic (exact) mass is 226 g/mol. The van der Waals surface area contributed by atoms with Gasteiger partial charge in [-0.3, -0.25) is 4.57 Å². The third-order valence-electron chi connectivity index (χ3n) is 1.96. The van der Waals surface area contributed by atoms with Crippen LogP contribution < -0.4 is 5.73 Å². The van der Waals surface area contributed by atoms with Crippen molar-refractivity contribution in [3.8, 4) is 6.07 Å². The Labute approximate surface area is 87.3 Å². The number of nitrogens with two attached hydrogens (primary N) is 1. The largest absolute Gasteiger partial charge is 0.342 e. The van der Waals surface area contributed by atoms with E-state index in [4.69, 9.17) is 20.8 Å². The highest BCUT2D eigenvalue weighted by Crippen LogP contribution is 2.39. The second-order valence-electron chi connectivity index (χ2n) is 3.17. The van der Waals surface area contributed by atoms with Gasteiger partial charge in [0.25, 0.3) is 0 Å². The molecule has 0 saturated heterocycles. The summed E-state index contributed by atoms with van der Waals surface area (Å²) in [6.45, 7) is 0. The molecule has 0 aliphatic carbocycles. The molecule has 1 aromatic rings. The van der Waals surface area contributed by atoms with Gasteiger partial charge in [-0.15, -0.1) is 0 Å². The molecular formula is C9H11N2O3P. The summed E-state index contributed by atoms with van der Waals surface area (Å²) in [5, 5.41) is 8.54. The molecule has 5 nitrogen and oxygen atoms in total. The fourth-order valence-corrected chi connectivity index (χ4v) is 1.52. The molecule has 0 radical (unpaired) electrons. The molecule has 0 amide bonds. The van der Waals surface area contributed by atoms with Crippen molar-refractivity contribution in [2.45, 2.75) is 12.2 Å². The van der Waals surface area contributed by atoms with Crippen molar-refractivity contribution in [1.29, 1.82) is 5.26 Å². The van der Waals surface area contributed by atoms with Crippen LogP contribution >= 0.6 is 7.60 Å². The van der Waals surface area contributed by atoms with Crippen LogP contribution in [0.4, 0.5) is 0 Å².